The summed E-state index contributed by atoms with van der Waals surface area (Å²) in [5, 5.41) is 5.75. The Labute approximate surface area is 137 Å². The molecule has 2 aromatic rings. The first-order chi connectivity index (χ1) is 11.3. The smallest absolute Gasteiger partial charge is 0.224 e. The van der Waals surface area contributed by atoms with Crippen molar-refractivity contribution in [3.05, 3.63) is 48.0 Å². The lowest BCUT2D eigenvalue weighted by Crippen LogP contribution is -2.43. The first-order valence-electron chi connectivity index (χ1n) is 8.78. The van der Waals surface area contributed by atoms with Crippen molar-refractivity contribution in [2.24, 2.45) is 5.92 Å². The first kappa shape index (κ1) is 14.7. The van der Waals surface area contributed by atoms with Gasteiger partial charge in [-0.3, -0.25) is 9.69 Å². The predicted octanol–water partition coefficient (Wildman–Crippen LogP) is 3.33. The molecule has 1 saturated heterocycles. The van der Waals surface area contributed by atoms with Crippen LogP contribution in [-0.4, -0.2) is 29.9 Å². The van der Waals surface area contributed by atoms with Gasteiger partial charge in [-0.2, -0.15) is 0 Å². The summed E-state index contributed by atoms with van der Waals surface area (Å²) < 4.78 is 0. The molecule has 2 aliphatic rings. The Hall–Kier alpha value is -1.87. The summed E-state index contributed by atoms with van der Waals surface area (Å²) in [6, 6.07) is 15.7. The van der Waals surface area contributed by atoms with Crippen LogP contribution in [0.5, 0.6) is 0 Å². The van der Waals surface area contributed by atoms with Crippen molar-refractivity contribution in [3.63, 3.8) is 0 Å². The minimum atomic E-state index is 0.171. The number of benzene rings is 2. The summed E-state index contributed by atoms with van der Waals surface area (Å²) in [5.41, 5.74) is 1.34. The standard InChI is InChI=1S/C20H24N2O/c23-20(21-19-9-10-19)18-6-3-11-22(14-18)13-15-7-8-16-4-1-2-5-17(16)12-15/h1-2,4-5,7-8,12,18-19H,3,6,9-11,13-14H2,(H,21,23). The minimum Gasteiger partial charge on any atom is -0.353 e. The summed E-state index contributed by atoms with van der Waals surface area (Å²) >= 11 is 0. The molecule has 120 valence electrons. The quantitative estimate of drug-likeness (QED) is 0.939. The largest absolute Gasteiger partial charge is 0.353 e. The molecule has 2 fully saturated rings. The van der Waals surface area contributed by atoms with Gasteiger partial charge in [0.1, 0.15) is 0 Å². The van der Waals surface area contributed by atoms with Crippen molar-refractivity contribution in [3.8, 4) is 0 Å². The van der Waals surface area contributed by atoms with Gasteiger partial charge < -0.3 is 5.32 Å². The molecule has 1 heterocycles. The van der Waals surface area contributed by atoms with E-state index in [-0.39, 0.29) is 11.8 Å². The van der Waals surface area contributed by atoms with Gasteiger partial charge in [0, 0.05) is 19.1 Å². The number of piperidine rings is 1. The summed E-state index contributed by atoms with van der Waals surface area (Å²) in [6.07, 6.45) is 4.49. The molecular formula is C20H24N2O. The number of nitrogens with one attached hydrogen (secondary N) is 1. The van der Waals surface area contributed by atoms with Crippen molar-refractivity contribution >= 4 is 16.7 Å². The molecule has 1 atom stereocenters. The molecule has 2 aromatic carbocycles. The van der Waals surface area contributed by atoms with E-state index in [0.29, 0.717) is 6.04 Å². The zero-order chi connectivity index (χ0) is 15.6. The molecule has 0 spiro atoms. The second kappa shape index (κ2) is 6.32. The Morgan fingerprint density at radius 1 is 1.09 bits per heavy atom. The van der Waals surface area contributed by atoms with Crippen LogP contribution >= 0.6 is 0 Å². The van der Waals surface area contributed by atoms with Crippen LogP contribution in [0.1, 0.15) is 31.2 Å². The molecule has 3 nitrogen and oxygen atoms in total. The van der Waals surface area contributed by atoms with Gasteiger partial charge in [-0.25, -0.2) is 0 Å². The molecule has 4 rings (SSSR count). The average Bonchev–Trinajstić information content (AvgIpc) is 3.39. The summed E-state index contributed by atoms with van der Waals surface area (Å²) in [7, 11) is 0. The van der Waals surface area contributed by atoms with E-state index in [4.69, 9.17) is 0 Å². The van der Waals surface area contributed by atoms with Gasteiger partial charge in [0.2, 0.25) is 5.91 Å². The lowest BCUT2D eigenvalue weighted by molar-refractivity contribution is -0.126. The van der Waals surface area contributed by atoms with E-state index < -0.39 is 0 Å². The van der Waals surface area contributed by atoms with E-state index >= 15 is 0 Å². The van der Waals surface area contributed by atoms with Crippen LogP contribution in [-0.2, 0) is 11.3 Å². The van der Waals surface area contributed by atoms with Gasteiger partial charge in [0.25, 0.3) is 0 Å². The summed E-state index contributed by atoms with van der Waals surface area (Å²) in [6.45, 7) is 2.93. The number of carbonyl (C=O) groups excluding carboxylic acids is 1. The van der Waals surface area contributed by atoms with Gasteiger partial charge in [-0.15, -0.1) is 0 Å². The number of nitrogens with zero attached hydrogens (tertiary/aromatic N) is 1. The number of likely N-dealkylation sites (tertiary alicyclic amines) is 1. The molecule has 0 radical (unpaired) electrons. The predicted molar refractivity (Wildman–Crippen MR) is 93.1 cm³/mol. The first-order valence-corrected chi connectivity index (χ1v) is 8.78. The summed E-state index contributed by atoms with van der Waals surface area (Å²) in [4.78, 5) is 14.7. The maximum Gasteiger partial charge on any atom is 0.224 e. The van der Waals surface area contributed by atoms with E-state index in [2.05, 4.69) is 52.7 Å². The molecule has 23 heavy (non-hydrogen) atoms. The molecule has 1 aliphatic heterocycles. The van der Waals surface area contributed by atoms with Crippen molar-refractivity contribution in [1.82, 2.24) is 10.2 Å². The number of rotatable bonds is 4. The van der Waals surface area contributed by atoms with Gasteiger partial charge in [-0.1, -0.05) is 36.4 Å². The van der Waals surface area contributed by atoms with Gasteiger partial charge in [0.15, 0.2) is 0 Å². The van der Waals surface area contributed by atoms with Crippen molar-refractivity contribution in [2.75, 3.05) is 13.1 Å². The molecule has 1 unspecified atom stereocenters. The highest BCUT2D eigenvalue weighted by atomic mass is 16.2. The maximum atomic E-state index is 12.3. The van der Waals surface area contributed by atoms with Gasteiger partial charge in [-0.05, 0) is 54.6 Å². The monoisotopic (exact) mass is 308 g/mol. The van der Waals surface area contributed by atoms with Crippen molar-refractivity contribution in [1.29, 1.82) is 0 Å². The third kappa shape index (κ3) is 3.56. The Balaban J connectivity index is 1.41. The summed E-state index contributed by atoms with van der Waals surface area (Å²) in [5.74, 6) is 0.445. The number of carbonyl (C=O) groups is 1. The number of hydrogen-bond acceptors (Lipinski definition) is 2. The molecule has 0 aromatic heterocycles. The zero-order valence-corrected chi connectivity index (χ0v) is 13.5. The van der Waals surface area contributed by atoms with E-state index in [0.717, 1.165) is 32.5 Å². The Bertz CT molecular complexity index is 708. The minimum absolute atomic E-state index is 0.171. The number of fused-ring (bicyclic) bond motifs is 1. The van der Waals surface area contributed by atoms with Crippen molar-refractivity contribution in [2.45, 2.75) is 38.3 Å². The Kier molecular flexibility index (Phi) is 4.04. The molecule has 1 saturated carbocycles. The average molecular weight is 308 g/mol. The second-order valence-corrected chi connectivity index (χ2v) is 7.04. The SMILES string of the molecule is O=C(NC1CC1)C1CCCN(Cc2ccc3ccccc3c2)C1. The lowest BCUT2D eigenvalue weighted by atomic mass is 9.96. The van der Waals surface area contributed by atoms with E-state index in [1.807, 2.05) is 0 Å². The topological polar surface area (TPSA) is 32.3 Å². The highest BCUT2D eigenvalue weighted by Crippen LogP contribution is 2.24. The van der Waals surface area contributed by atoms with Crippen LogP contribution in [0.15, 0.2) is 42.5 Å². The van der Waals surface area contributed by atoms with E-state index in [9.17, 15) is 4.79 Å². The normalized spacial score (nSPS) is 22.2. The molecule has 1 aliphatic carbocycles. The number of hydrogen-bond donors (Lipinski definition) is 1. The number of amides is 1. The second-order valence-electron chi connectivity index (χ2n) is 7.04. The highest BCUT2D eigenvalue weighted by Gasteiger charge is 2.30. The molecule has 3 heteroatoms. The van der Waals surface area contributed by atoms with Crippen LogP contribution in [0.4, 0.5) is 0 Å². The fourth-order valence-electron chi connectivity index (χ4n) is 3.56. The van der Waals surface area contributed by atoms with Gasteiger partial charge in [0.05, 0.1) is 5.92 Å². The maximum absolute atomic E-state index is 12.3. The van der Waals surface area contributed by atoms with E-state index in [1.165, 1.54) is 29.2 Å². The van der Waals surface area contributed by atoms with Crippen LogP contribution in [0.25, 0.3) is 10.8 Å². The Morgan fingerprint density at radius 3 is 2.74 bits per heavy atom. The molecular weight excluding hydrogens is 284 g/mol. The third-order valence-electron chi connectivity index (χ3n) is 5.02. The fraction of sp³-hybridized carbons (Fsp3) is 0.450. The third-order valence-corrected chi connectivity index (χ3v) is 5.02. The molecule has 1 N–H and O–H groups in total. The van der Waals surface area contributed by atoms with Crippen LogP contribution in [0.3, 0.4) is 0 Å². The van der Waals surface area contributed by atoms with Gasteiger partial charge >= 0.3 is 0 Å². The fourth-order valence-corrected chi connectivity index (χ4v) is 3.56. The van der Waals surface area contributed by atoms with Crippen LogP contribution in [0.2, 0.25) is 0 Å². The Morgan fingerprint density at radius 2 is 1.91 bits per heavy atom. The van der Waals surface area contributed by atoms with Crippen molar-refractivity contribution < 1.29 is 4.79 Å². The lowest BCUT2D eigenvalue weighted by Gasteiger charge is -2.32. The van der Waals surface area contributed by atoms with Crippen LogP contribution < -0.4 is 5.32 Å². The molecule has 1 amide bonds. The highest BCUT2D eigenvalue weighted by molar-refractivity contribution is 5.83. The molecule has 0 bridgehead atoms. The van der Waals surface area contributed by atoms with Crippen LogP contribution in [0, 0.1) is 5.92 Å². The van der Waals surface area contributed by atoms with E-state index in [1.54, 1.807) is 0 Å². The zero-order valence-electron chi connectivity index (χ0n) is 13.5.